The summed E-state index contributed by atoms with van der Waals surface area (Å²) in [7, 11) is 1.58. The molecule has 92 valence electrons. The maximum Gasteiger partial charge on any atom is 0.326 e. The lowest BCUT2D eigenvalue weighted by Crippen LogP contribution is -2.44. The number of carbonyl (C=O) groups is 2. The van der Waals surface area contributed by atoms with Gasteiger partial charge in [0.15, 0.2) is 0 Å². The van der Waals surface area contributed by atoms with Crippen molar-refractivity contribution in [3.8, 4) is 0 Å². The van der Waals surface area contributed by atoms with Gasteiger partial charge < -0.3 is 10.0 Å². The number of carbonyl (C=O) groups excluding carboxylic acids is 1. The molecular weight excluding hydrogens is 206 g/mol. The van der Waals surface area contributed by atoms with Crippen molar-refractivity contribution in [2.75, 3.05) is 7.05 Å². The number of nitrogens with zero attached hydrogens (tertiary/aromatic N) is 1. The highest BCUT2D eigenvalue weighted by molar-refractivity contribution is 5.84. The van der Waals surface area contributed by atoms with Crippen molar-refractivity contribution in [2.45, 2.75) is 45.6 Å². The second-order valence-electron chi connectivity index (χ2n) is 4.92. The van der Waals surface area contributed by atoms with Gasteiger partial charge in [-0.2, -0.15) is 0 Å². The van der Waals surface area contributed by atoms with Crippen LogP contribution in [0.3, 0.4) is 0 Å². The van der Waals surface area contributed by atoms with Crippen molar-refractivity contribution < 1.29 is 14.7 Å². The molecule has 0 aromatic heterocycles. The van der Waals surface area contributed by atoms with Crippen molar-refractivity contribution in [3.05, 3.63) is 0 Å². The number of aliphatic carboxylic acids is 1. The molecule has 1 aliphatic carbocycles. The molecule has 1 N–H and O–H groups in total. The fraction of sp³-hybridized carbons (Fsp3) is 0.833. The zero-order valence-corrected chi connectivity index (χ0v) is 10.3. The summed E-state index contributed by atoms with van der Waals surface area (Å²) in [5, 5.41) is 8.85. The van der Waals surface area contributed by atoms with E-state index in [0.29, 0.717) is 5.92 Å². The zero-order valence-electron chi connectivity index (χ0n) is 10.3. The highest BCUT2D eigenvalue weighted by atomic mass is 16.4. The lowest BCUT2D eigenvalue weighted by atomic mass is 9.82. The molecular formula is C12H21NO3. The van der Waals surface area contributed by atoms with Crippen LogP contribution in [0.5, 0.6) is 0 Å². The fourth-order valence-electron chi connectivity index (χ4n) is 2.15. The predicted molar refractivity (Wildman–Crippen MR) is 61.0 cm³/mol. The monoisotopic (exact) mass is 227 g/mol. The first-order valence-electron chi connectivity index (χ1n) is 5.93. The molecule has 0 aromatic rings. The van der Waals surface area contributed by atoms with Crippen LogP contribution in [0, 0.1) is 11.8 Å². The third-order valence-electron chi connectivity index (χ3n) is 3.65. The molecule has 0 aliphatic heterocycles. The minimum Gasteiger partial charge on any atom is -0.480 e. The Bertz CT molecular complexity index is 269. The molecule has 16 heavy (non-hydrogen) atoms. The Labute approximate surface area is 96.6 Å². The zero-order chi connectivity index (χ0) is 12.3. The molecule has 1 aliphatic rings. The molecule has 0 bridgehead atoms. The maximum absolute atomic E-state index is 12.0. The quantitative estimate of drug-likeness (QED) is 0.799. The standard InChI is InChI=1S/C12H21NO3/c1-8-4-6-10(7-5-8)11(14)13(3)9(2)12(15)16/h8-10H,4-7H2,1-3H3,(H,15,16). The van der Waals surface area contributed by atoms with Gasteiger partial charge in [0.05, 0.1) is 0 Å². The van der Waals surface area contributed by atoms with Gasteiger partial charge in [-0.15, -0.1) is 0 Å². The van der Waals surface area contributed by atoms with E-state index >= 15 is 0 Å². The Morgan fingerprint density at radius 2 is 1.75 bits per heavy atom. The molecule has 1 atom stereocenters. The van der Waals surface area contributed by atoms with Gasteiger partial charge in [0, 0.05) is 13.0 Å². The van der Waals surface area contributed by atoms with Gasteiger partial charge in [-0.3, -0.25) is 4.79 Å². The summed E-state index contributed by atoms with van der Waals surface area (Å²) in [6, 6.07) is -0.730. The van der Waals surface area contributed by atoms with Crippen LogP contribution in [0.4, 0.5) is 0 Å². The minimum absolute atomic E-state index is 0.0122. The second-order valence-corrected chi connectivity index (χ2v) is 4.92. The predicted octanol–water partition coefficient (Wildman–Crippen LogP) is 1.74. The number of likely N-dealkylation sites (N-methyl/N-ethyl adjacent to an activating group) is 1. The molecule has 1 unspecified atom stereocenters. The van der Waals surface area contributed by atoms with Crippen LogP contribution in [0.25, 0.3) is 0 Å². The topological polar surface area (TPSA) is 57.6 Å². The van der Waals surface area contributed by atoms with E-state index in [1.165, 1.54) is 4.90 Å². The van der Waals surface area contributed by atoms with E-state index in [1.54, 1.807) is 14.0 Å². The van der Waals surface area contributed by atoms with Gasteiger partial charge in [0.25, 0.3) is 0 Å². The molecule has 0 aromatic carbocycles. The summed E-state index contributed by atoms with van der Waals surface area (Å²) in [5.41, 5.74) is 0. The third-order valence-corrected chi connectivity index (χ3v) is 3.65. The summed E-state index contributed by atoms with van der Waals surface area (Å²) in [5.74, 6) is -0.226. The molecule has 1 fully saturated rings. The van der Waals surface area contributed by atoms with Crippen LogP contribution in [-0.4, -0.2) is 35.0 Å². The van der Waals surface area contributed by atoms with Gasteiger partial charge in [0.2, 0.25) is 5.91 Å². The molecule has 1 amide bonds. The van der Waals surface area contributed by atoms with Gasteiger partial charge >= 0.3 is 5.97 Å². The summed E-state index contributed by atoms with van der Waals surface area (Å²) < 4.78 is 0. The highest BCUT2D eigenvalue weighted by Gasteiger charge is 2.30. The summed E-state index contributed by atoms with van der Waals surface area (Å²) in [6.45, 7) is 3.75. The van der Waals surface area contributed by atoms with E-state index in [1.807, 2.05) is 0 Å². The van der Waals surface area contributed by atoms with Gasteiger partial charge in [0.1, 0.15) is 6.04 Å². The average molecular weight is 227 g/mol. The summed E-state index contributed by atoms with van der Waals surface area (Å²) in [4.78, 5) is 24.2. The Kier molecular flexibility index (Phi) is 4.33. The third kappa shape index (κ3) is 2.97. The fourth-order valence-corrected chi connectivity index (χ4v) is 2.15. The van der Waals surface area contributed by atoms with Crippen LogP contribution in [-0.2, 0) is 9.59 Å². The lowest BCUT2D eigenvalue weighted by molar-refractivity contribution is -0.150. The van der Waals surface area contributed by atoms with Crippen molar-refractivity contribution in [2.24, 2.45) is 11.8 Å². The van der Waals surface area contributed by atoms with Gasteiger partial charge in [-0.1, -0.05) is 6.92 Å². The first kappa shape index (κ1) is 13.0. The first-order valence-corrected chi connectivity index (χ1v) is 5.93. The first-order chi connectivity index (χ1) is 7.43. The molecule has 4 heteroatoms. The van der Waals surface area contributed by atoms with Gasteiger partial charge in [-0.05, 0) is 38.5 Å². The van der Waals surface area contributed by atoms with E-state index < -0.39 is 12.0 Å². The number of hydrogen-bond acceptors (Lipinski definition) is 2. The lowest BCUT2D eigenvalue weighted by Gasteiger charge is -2.30. The molecule has 0 heterocycles. The van der Waals surface area contributed by atoms with Crippen molar-refractivity contribution in [1.82, 2.24) is 4.90 Å². The Balaban J connectivity index is 2.54. The molecule has 1 rings (SSSR count). The number of hydrogen-bond donors (Lipinski definition) is 1. The summed E-state index contributed by atoms with van der Waals surface area (Å²) >= 11 is 0. The molecule has 1 saturated carbocycles. The van der Waals surface area contributed by atoms with E-state index in [4.69, 9.17) is 5.11 Å². The number of carboxylic acids is 1. The normalized spacial score (nSPS) is 27.2. The highest BCUT2D eigenvalue weighted by Crippen LogP contribution is 2.29. The van der Waals surface area contributed by atoms with Crippen LogP contribution in [0.15, 0.2) is 0 Å². The van der Waals surface area contributed by atoms with Crippen molar-refractivity contribution >= 4 is 11.9 Å². The smallest absolute Gasteiger partial charge is 0.326 e. The molecule has 0 radical (unpaired) electrons. The minimum atomic E-state index is -0.944. The Morgan fingerprint density at radius 3 is 2.19 bits per heavy atom. The Morgan fingerprint density at radius 1 is 1.25 bits per heavy atom. The van der Waals surface area contributed by atoms with Crippen LogP contribution < -0.4 is 0 Å². The number of rotatable bonds is 3. The van der Waals surface area contributed by atoms with Crippen LogP contribution >= 0.6 is 0 Å². The maximum atomic E-state index is 12.0. The second kappa shape index (κ2) is 5.32. The number of carboxylic acid groups (broad SMARTS) is 1. The van der Waals surface area contributed by atoms with Gasteiger partial charge in [-0.25, -0.2) is 4.79 Å². The van der Waals surface area contributed by atoms with Crippen LogP contribution in [0.2, 0.25) is 0 Å². The largest absolute Gasteiger partial charge is 0.480 e. The van der Waals surface area contributed by atoms with E-state index in [-0.39, 0.29) is 11.8 Å². The molecule has 0 spiro atoms. The van der Waals surface area contributed by atoms with Crippen molar-refractivity contribution in [3.63, 3.8) is 0 Å². The van der Waals surface area contributed by atoms with Crippen LogP contribution in [0.1, 0.15) is 39.5 Å². The average Bonchev–Trinajstić information content (AvgIpc) is 2.27. The molecule has 4 nitrogen and oxygen atoms in total. The SMILES string of the molecule is CC1CCC(C(=O)N(C)C(C)C(=O)O)CC1. The van der Waals surface area contributed by atoms with E-state index in [2.05, 4.69) is 6.92 Å². The number of amides is 1. The van der Waals surface area contributed by atoms with Crippen molar-refractivity contribution in [1.29, 1.82) is 0 Å². The van der Waals surface area contributed by atoms with E-state index in [0.717, 1.165) is 25.7 Å². The van der Waals surface area contributed by atoms with E-state index in [9.17, 15) is 9.59 Å². The summed E-state index contributed by atoms with van der Waals surface area (Å²) in [6.07, 6.45) is 3.95. The Hall–Kier alpha value is -1.06. The molecule has 0 saturated heterocycles.